The lowest BCUT2D eigenvalue weighted by Crippen LogP contribution is -2.30. The van der Waals surface area contributed by atoms with Crippen molar-refractivity contribution in [2.45, 2.75) is 84.7 Å². The Balaban J connectivity index is 1.52. The van der Waals surface area contributed by atoms with Gasteiger partial charge in [-0.05, 0) is 84.7 Å². The van der Waals surface area contributed by atoms with Crippen molar-refractivity contribution in [1.82, 2.24) is 0 Å². The Labute approximate surface area is 175 Å². The van der Waals surface area contributed by atoms with Gasteiger partial charge in [0.05, 0.1) is 6.10 Å². The Kier molecular flexibility index (Phi) is 7.21. The summed E-state index contributed by atoms with van der Waals surface area (Å²) in [6.45, 7) is 7.06. The molecule has 0 aliphatic heterocycles. The molecule has 0 heterocycles. The highest BCUT2D eigenvalue weighted by Crippen LogP contribution is 2.39. The number of unbranched alkanes of at least 4 members (excludes halogenated alkanes) is 2. The minimum absolute atomic E-state index is 0.276. The molecule has 1 aliphatic carbocycles. The van der Waals surface area contributed by atoms with Gasteiger partial charge < -0.3 is 9.84 Å². The number of hydrogen-bond donors (Lipinski definition) is 1. The zero-order chi connectivity index (χ0) is 20.9. The van der Waals surface area contributed by atoms with Gasteiger partial charge >= 0.3 is 5.97 Å². The molecule has 0 spiro atoms. The fraction of sp³-hybridized carbons (Fsp3) is 0.577. The summed E-state index contributed by atoms with van der Waals surface area (Å²) in [7, 11) is 0. The highest BCUT2D eigenvalue weighted by Gasteiger charge is 2.30. The van der Waals surface area contributed by atoms with E-state index in [2.05, 4.69) is 57.2 Å². The highest BCUT2D eigenvalue weighted by molar-refractivity contribution is 5.84. The molecule has 3 nitrogen and oxygen atoms in total. The molecule has 29 heavy (non-hydrogen) atoms. The predicted octanol–water partition coefficient (Wildman–Crippen LogP) is 7.01. The van der Waals surface area contributed by atoms with Crippen LogP contribution in [0, 0.1) is 11.3 Å². The SMILES string of the molecule is CC(C)(C)C1CCC(Oc2ccc3cc(CCCCCC(=O)O)ccc3c2)CC1. The summed E-state index contributed by atoms with van der Waals surface area (Å²) in [6, 6.07) is 13.1. The molecule has 3 heteroatoms. The second kappa shape index (κ2) is 9.65. The van der Waals surface area contributed by atoms with Crippen molar-refractivity contribution >= 4 is 16.7 Å². The molecule has 1 saturated carbocycles. The van der Waals surface area contributed by atoms with E-state index in [4.69, 9.17) is 9.84 Å². The fourth-order valence-electron chi connectivity index (χ4n) is 4.52. The van der Waals surface area contributed by atoms with Gasteiger partial charge in [-0.15, -0.1) is 0 Å². The molecular formula is C26H36O3. The molecule has 0 unspecified atom stereocenters. The molecule has 0 radical (unpaired) electrons. The van der Waals surface area contributed by atoms with Crippen LogP contribution in [0.25, 0.3) is 10.8 Å². The van der Waals surface area contributed by atoms with E-state index in [0.29, 0.717) is 11.5 Å². The zero-order valence-corrected chi connectivity index (χ0v) is 18.2. The molecular weight excluding hydrogens is 360 g/mol. The van der Waals surface area contributed by atoms with Crippen molar-refractivity contribution in [2.24, 2.45) is 11.3 Å². The van der Waals surface area contributed by atoms with Gasteiger partial charge in [0, 0.05) is 6.42 Å². The summed E-state index contributed by atoms with van der Waals surface area (Å²) >= 11 is 0. The Morgan fingerprint density at radius 3 is 2.34 bits per heavy atom. The van der Waals surface area contributed by atoms with Crippen molar-refractivity contribution in [3.05, 3.63) is 42.0 Å². The summed E-state index contributed by atoms with van der Waals surface area (Å²) in [5, 5.41) is 11.2. The largest absolute Gasteiger partial charge is 0.490 e. The number of carboxylic acid groups (broad SMARTS) is 1. The van der Waals surface area contributed by atoms with Gasteiger partial charge in [0.25, 0.3) is 0 Å². The van der Waals surface area contributed by atoms with Gasteiger partial charge in [0.2, 0.25) is 0 Å². The number of rotatable bonds is 8. The first-order valence-corrected chi connectivity index (χ1v) is 11.2. The number of ether oxygens (including phenoxy) is 1. The van der Waals surface area contributed by atoms with E-state index in [0.717, 1.165) is 50.2 Å². The average Bonchev–Trinajstić information content (AvgIpc) is 2.67. The van der Waals surface area contributed by atoms with E-state index in [1.165, 1.54) is 29.2 Å². The number of benzene rings is 2. The molecule has 2 aromatic rings. The molecule has 0 bridgehead atoms. The molecule has 0 atom stereocenters. The lowest BCUT2D eigenvalue weighted by molar-refractivity contribution is -0.137. The fourth-order valence-corrected chi connectivity index (χ4v) is 4.52. The van der Waals surface area contributed by atoms with Gasteiger partial charge in [-0.3, -0.25) is 4.79 Å². The minimum Gasteiger partial charge on any atom is -0.490 e. The molecule has 1 aliphatic rings. The summed E-state index contributed by atoms with van der Waals surface area (Å²) < 4.78 is 6.32. The van der Waals surface area contributed by atoms with Crippen molar-refractivity contribution in [1.29, 1.82) is 0 Å². The van der Waals surface area contributed by atoms with Crippen LogP contribution in [0.2, 0.25) is 0 Å². The summed E-state index contributed by atoms with van der Waals surface area (Å²) in [6.07, 6.45) is 9.23. The van der Waals surface area contributed by atoms with E-state index >= 15 is 0 Å². The lowest BCUT2D eigenvalue weighted by Gasteiger charge is -2.37. The Hall–Kier alpha value is -2.03. The number of carbonyl (C=O) groups is 1. The second-order valence-corrected chi connectivity index (χ2v) is 9.76. The Bertz CT molecular complexity index is 810. The van der Waals surface area contributed by atoms with Gasteiger partial charge in [-0.25, -0.2) is 0 Å². The standard InChI is InChI=1S/C26H36O3/c1-26(2,3)22-12-15-23(16-13-22)29-24-14-11-20-17-19(9-10-21(20)18-24)7-5-4-6-8-25(27)28/h9-11,14,17-18,22-23H,4-8,12-13,15-16H2,1-3H3,(H,27,28). The number of fused-ring (bicyclic) bond motifs is 1. The quantitative estimate of drug-likeness (QED) is 0.488. The van der Waals surface area contributed by atoms with Crippen LogP contribution in [0.1, 0.15) is 77.7 Å². The molecule has 2 aromatic carbocycles. The number of aryl methyl sites for hydroxylation is 1. The number of aliphatic carboxylic acids is 1. The number of carboxylic acids is 1. The molecule has 0 saturated heterocycles. The van der Waals surface area contributed by atoms with E-state index < -0.39 is 5.97 Å². The van der Waals surface area contributed by atoms with Crippen LogP contribution in [0.3, 0.4) is 0 Å². The molecule has 3 rings (SSSR count). The van der Waals surface area contributed by atoms with Crippen molar-refractivity contribution in [3.8, 4) is 5.75 Å². The maximum atomic E-state index is 10.6. The molecule has 1 fully saturated rings. The molecule has 158 valence electrons. The zero-order valence-electron chi connectivity index (χ0n) is 18.2. The monoisotopic (exact) mass is 396 g/mol. The van der Waals surface area contributed by atoms with Gasteiger partial charge in [-0.2, -0.15) is 0 Å². The van der Waals surface area contributed by atoms with Gasteiger partial charge in [0.15, 0.2) is 0 Å². The van der Waals surface area contributed by atoms with Crippen molar-refractivity contribution in [3.63, 3.8) is 0 Å². The van der Waals surface area contributed by atoms with Crippen molar-refractivity contribution in [2.75, 3.05) is 0 Å². The number of hydrogen-bond acceptors (Lipinski definition) is 2. The first-order valence-electron chi connectivity index (χ1n) is 11.2. The average molecular weight is 397 g/mol. The Morgan fingerprint density at radius 1 is 0.966 bits per heavy atom. The summed E-state index contributed by atoms with van der Waals surface area (Å²) in [5.74, 6) is 1.09. The molecule has 1 N–H and O–H groups in total. The second-order valence-electron chi connectivity index (χ2n) is 9.76. The Morgan fingerprint density at radius 2 is 1.66 bits per heavy atom. The smallest absolute Gasteiger partial charge is 0.303 e. The molecule has 0 amide bonds. The van der Waals surface area contributed by atoms with Crippen LogP contribution < -0.4 is 4.74 Å². The van der Waals surface area contributed by atoms with Crippen LogP contribution in [0.5, 0.6) is 5.75 Å². The first kappa shape index (κ1) is 21.7. The van der Waals surface area contributed by atoms with Gasteiger partial charge in [0.1, 0.15) is 5.75 Å². The lowest BCUT2D eigenvalue weighted by atomic mass is 9.72. The van der Waals surface area contributed by atoms with Gasteiger partial charge in [-0.1, -0.05) is 51.5 Å². The van der Waals surface area contributed by atoms with Crippen LogP contribution >= 0.6 is 0 Å². The topological polar surface area (TPSA) is 46.5 Å². The van der Waals surface area contributed by atoms with Crippen LogP contribution in [0.4, 0.5) is 0 Å². The summed E-state index contributed by atoms with van der Waals surface area (Å²) in [4.78, 5) is 10.6. The van der Waals surface area contributed by atoms with Crippen molar-refractivity contribution < 1.29 is 14.6 Å². The third kappa shape index (κ3) is 6.48. The maximum Gasteiger partial charge on any atom is 0.303 e. The normalized spacial score (nSPS) is 20.0. The van der Waals surface area contributed by atoms with E-state index in [9.17, 15) is 4.79 Å². The van der Waals surface area contributed by atoms with Crippen LogP contribution in [-0.4, -0.2) is 17.2 Å². The maximum absolute atomic E-state index is 10.6. The summed E-state index contributed by atoms with van der Waals surface area (Å²) in [5.41, 5.74) is 1.73. The first-order chi connectivity index (χ1) is 13.8. The van der Waals surface area contributed by atoms with Crippen LogP contribution in [0.15, 0.2) is 36.4 Å². The molecule has 0 aromatic heterocycles. The predicted molar refractivity (Wildman–Crippen MR) is 120 cm³/mol. The highest BCUT2D eigenvalue weighted by atomic mass is 16.5. The third-order valence-electron chi connectivity index (χ3n) is 6.43. The van der Waals surface area contributed by atoms with E-state index in [1.807, 2.05) is 0 Å². The van der Waals surface area contributed by atoms with Crippen LogP contribution in [-0.2, 0) is 11.2 Å². The van der Waals surface area contributed by atoms with E-state index in [1.54, 1.807) is 0 Å². The minimum atomic E-state index is -0.698. The third-order valence-corrected chi connectivity index (χ3v) is 6.43. The van der Waals surface area contributed by atoms with E-state index in [-0.39, 0.29) is 6.42 Å².